The second-order valence-corrected chi connectivity index (χ2v) is 5.02. The highest BCUT2D eigenvalue weighted by molar-refractivity contribution is 5.96. The predicted molar refractivity (Wildman–Crippen MR) is 76.3 cm³/mol. The molecule has 3 N–H and O–H groups in total. The van der Waals surface area contributed by atoms with E-state index in [0.717, 1.165) is 31.6 Å². The first kappa shape index (κ1) is 13.7. The number of esters is 1. The van der Waals surface area contributed by atoms with Gasteiger partial charge in [0.1, 0.15) is 0 Å². The molecule has 0 aliphatic carbocycles. The second kappa shape index (κ2) is 5.93. The van der Waals surface area contributed by atoms with Crippen molar-refractivity contribution in [2.24, 2.45) is 0 Å². The van der Waals surface area contributed by atoms with Crippen molar-refractivity contribution in [2.45, 2.75) is 18.9 Å². The maximum Gasteiger partial charge on any atom is 0.339 e. The number of hydrogen-bond donors (Lipinski definition) is 2. The van der Waals surface area contributed by atoms with Gasteiger partial charge in [0, 0.05) is 11.7 Å². The van der Waals surface area contributed by atoms with Gasteiger partial charge in [0.2, 0.25) is 0 Å². The van der Waals surface area contributed by atoms with Crippen molar-refractivity contribution >= 4 is 17.3 Å². The lowest BCUT2D eigenvalue weighted by atomic mass is 10.0. The van der Waals surface area contributed by atoms with Gasteiger partial charge in [-0.2, -0.15) is 0 Å². The average molecular weight is 263 g/mol. The number of benzene rings is 1. The van der Waals surface area contributed by atoms with E-state index < -0.39 is 0 Å². The van der Waals surface area contributed by atoms with Crippen molar-refractivity contribution in [3.05, 3.63) is 23.8 Å². The average Bonchev–Trinajstić information content (AvgIpc) is 2.41. The molecule has 0 radical (unpaired) electrons. The standard InChI is InChI=1S/C14H21N3O2/c1-17-7-5-11(6-8-17)16-13-9-10(15)3-4-12(13)14(18)19-2/h3-4,9,11,16H,5-8,15H2,1-2H3. The molecule has 1 fully saturated rings. The molecule has 1 aliphatic heterocycles. The molecule has 0 aromatic heterocycles. The van der Waals surface area contributed by atoms with Crippen LogP contribution in [0.4, 0.5) is 11.4 Å². The first-order valence-corrected chi connectivity index (χ1v) is 6.53. The zero-order chi connectivity index (χ0) is 13.8. The molecule has 2 rings (SSSR count). The van der Waals surface area contributed by atoms with Gasteiger partial charge in [-0.15, -0.1) is 0 Å². The van der Waals surface area contributed by atoms with Crippen LogP contribution in [-0.2, 0) is 4.74 Å². The molecule has 0 amide bonds. The first-order chi connectivity index (χ1) is 9.10. The van der Waals surface area contributed by atoms with Crippen molar-refractivity contribution < 1.29 is 9.53 Å². The van der Waals surface area contributed by atoms with Crippen LogP contribution in [0.1, 0.15) is 23.2 Å². The van der Waals surface area contributed by atoms with Crippen LogP contribution in [0, 0.1) is 0 Å². The predicted octanol–water partition coefficient (Wildman–Crippen LogP) is 1.56. The van der Waals surface area contributed by atoms with Gasteiger partial charge < -0.3 is 20.7 Å². The zero-order valence-corrected chi connectivity index (χ0v) is 11.5. The molecule has 0 saturated carbocycles. The Morgan fingerprint density at radius 2 is 2.11 bits per heavy atom. The van der Waals surface area contributed by atoms with Crippen LogP contribution in [0.25, 0.3) is 0 Å². The number of rotatable bonds is 3. The highest BCUT2D eigenvalue weighted by Gasteiger charge is 2.19. The van der Waals surface area contributed by atoms with Crippen molar-refractivity contribution in [1.29, 1.82) is 0 Å². The van der Waals surface area contributed by atoms with Crippen LogP contribution >= 0.6 is 0 Å². The number of likely N-dealkylation sites (tertiary alicyclic amines) is 1. The molecule has 104 valence electrons. The summed E-state index contributed by atoms with van der Waals surface area (Å²) in [4.78, 5) is 14.0. The molecule has 5 nitrogen and oxygen atoms in total. The van der Waals surface area contributed by atoms with E-state index in [4.69, 9.17) is 10.5 Å². The van der Waals surface area contributed by atoms with Crippen molar-refractivity contribution in [1.82, 2.24) is 4.90 Å². The van der Waals surface area contributed by atoms with Crippen LogP contribution in [-0.4, -0.2) is 44.2 Å². The van der Waals surface area contributed by atoms with Crippen LogP contribution in [0.15, 0.2) is 18.2 Å². The van der Waals surface area contributed by atoms with Crippen LogP contribution < -0.4 is 11.1 Å². The fraction of sp³-hybridized carbons (Fsp3) is 0.500. The monoisotopic (exact) mass is 263 g/mol. The first-order valence-electron chi connectivity index (χ1n) is 6.53. The number of hydrogen-bond acceptors (Lipinski definition) is 5. The van der Waals surface area contributed by atoms with Crippen molar-refractivity contribution in [2.75, 3.05) is 38.3 Å². The molecule has 19 heavy (non-hydrogen) atoms. The molecule has 5 heteroatoms. The molecule has 1 aromatic rings. The van der Waals surface area contributed by atoms with E-state index >= 15 is 0 Å². The third-order valence-corrected chi connectivity index (χ3v) is 3.53. The van der Waals surface area contributed by atoms with Gasteiger partial charge >= 0.3 is 5.97 Å². The Balaban J connectivity index is 2.14. The van der Waals surface area contributed by atoms with E-state index in [1.54, 1.807) is 18.2 Å². The Labute approximate surface area is 113 Å². The summed E-state index contributed by atoms with van der Waals surface area (Å²) in [5.74, 6) is -0.338. The lowest BCUT2D eigenvalue weighted by Gasteiger charge is -2.30. The number of nitrogens with zero attached hydrogens (tertiary/aromatic N) is 1. The van der Waals surface area contributed by atoms with Gasteiger partial charge in [-0.05, 0) is 51.2 Å². The summed E-state index contributed by atoms with van der Waals surface area (Å²) in [5, 5.41) is 3.42. The lowest BCUT2D eigenvalue weighted by molar-refractivity contribution is 0.0602. The molecule has 0 spiro atoms. The topological polar surface area (TPSA) is 67.6 Å². The van der Waals surface area contributed by atoms with E-state index in [1.807, 2.05) is 0 Å². The van der Waals surface area contributed by atoms with E-state index in [9.17, 15) is 4.79 Å². The molecular weight excluding hydrogens is 242 g/mol. The lowest BCUT2D eigenvalue weighted by Crippen LogP contribution is -2.37. The smallest absolute Gasteiger partial charge is 0.339 e. The zero-order valence-electron chi connectivity index (χ0n) is 11.5. The second-order valence-electron chi connectivity index (χ2n) is 5.02. The fourth-order valence-corrected chi connectivity index (χ4v) is 2.34. The summed E-state index contributed by atoms with van der Waals surface area (Å²) in [6.45, 7) is 2.13. The van der Waals surface area contributed by atoms with Gasteiger partial charge in [-0.25, -0.2) is 4.79 Å². The van der Waals surface area contributed by atoms with Gasteiger partial charge in [0.05, 0.1) is 18.4 Å². The molecule has 0 bridgehead atoms. The van der Waals surface area contributed by atoms with Crippen LogP contribution in [0.3, 0.4) is 0 Å². The number of anilines is 2. The quantitative estimate of drug-likeness (QED) is 0.640. The van der Waals surface area contributed by atoms with Crippen LogP contribution in [0.5, 0.6) is 0 Å². The van der Waals surface area contributed by atoms with Gasteiger partial charge in [-0.3, -0.25) is 0 Å². The molecule has 1 saturated heterocycles. The normalized spacial score (nSPS) is 17.2. The summed E-state index contributed by atoms with van der Waals surface area (Å²) < 4.78 is 4.80. The number of piperidine rings is 1. The maximum absolute atomic E-state index is 11.7. The van der Waals surface area contributed by atoms with Crippen molar-refractivity contribution in [3.8, 4) is 0 Å². The number of nitrogens with two attached hydrogens (primary N) is 1. The minimum Gasteiger partial charge on any atom is -0.465 e. The number of methoxy groups -OCH3 is 1. The highest BCUT2D eigenvalue weighted by atomic mass is 16.5. The number of ether oxygens (including phenoxy) is 1. The fourth-order valence-electron chi connectivity index (χ4n) is 2.34. The Hall–Kier alpha value is -1.75. The van der Waals surface area contributed by atoms with Crippen LogP contribution in [0.2, 0.25) is 0 Å². The number of nitrogen functional groups attached to an aromatic ring is 1. The third-order valence-electron chi connectivity index (χ3n) is 3.53. The SMILES string of the molecule is COC(=O)c1ccc(N)cc1NC1CCN(C)CC1. The Bertz CT molecular complexity index is 454. The Kier molecular flexibility index (Phi) is 4.27. The number of carbonyl (C=O) groups excluding carboxylic acids is 1. The van der Waals surface area contributed by atoms with Gasteiger partial charge in [0.25, 0.3) is 0 Å². The molecule has 0 atom stereocenters. The van der Waals surface area contributed by atoms with Crippen molar-refractivity contribution in [3.63, 3.8) is 0 Å². The highest BCUT2D eigenvalue weighted by Crippen LogP contribution is 2.23. The molecular formula is C14H21N3O2. The summed E-state index contributed by atoms with van der Waals surface area (Å²) in [6.07, 6.45) is 2.12. The number of nitrogens with one attached hydrogen (secondary N) is 1. The summed E-state index contributed by atoms with van der Waals surface area (Å²) in [6, 6.07) is 5.59. The van der Waals surface area contributed by atoms with E-state index in [1.165, 1.54) is 7.11 Å². The molecule has 1 heterocycles. The Morgan fingerprint density at radius 1 is 1.42 bits per heavy atom. The maximum atomic E-state index is 11.7. The summed E-state index contributed by atoms with van der Waals surface area (Å²) >= 11 is 0. The summed E-state index contributed by atoms with van der Waals surface area (Å²) in [7, 11) is 3.51. The molecule has 0 unspecified atom stereocenters. The van der Waals surface area contributed by atoms with E-state index in [2.05, 4.69) is 17.3 Å². The molecule has 1 aromatic carbocycles. The van der Waals surface area contributed by atoms with E-state index in [0.29, 0.717) is 17.3 Å². The van der Waals surface area contributed by atoms with Gasteiger partial charge in [0.15, 0.2) is 0 Å². The minimum absolute atomic E-state index is 0.338. The third kappa shape index (κ3) is 3.38. The number of carbonyl (C=O) groups is 1. The molecule has 1 aliphatic rings. The minimum atomic E-state index is -0.338. The summed E-state index contributed by atoms with van der Waals surface area (Å²) in [5.41, 5.74) is 7.74. The largest absolute Gasteiger partial charge is 0.465 e. The van der Waals surface area contributed by atoms with E-state index in [-0.39, 0.29) is 5.97 Å². The van der Waals surface area contributed by atoms with Gasteiger partial charge in [-0.1, -0.05) is 0 Å². The Morgan fingerprint density at radius 3 is 2.74 bits per heavy atom.